The minimum atomic E-state index is -0.416. The number of benzene rings is 1. The fraction of sp³-hybridized carbons (Fsp3) is 0.300. The van der Waals surface area contributed by atoms with Gasteiger partial charge in [-0.1, -0.05) is 25.1 Å². The monoisotopic (exact) mass is 214 g/mol. The van der Waals surface area contributed by atoms with Crippen molar-refractivity contribution >= 4 is 24.0 Å². The largest absolute Gasteiger partial charge is 0.325 e. The van der Waals surface area contributed by atoms with Crippen LogP contribution in [0.3, 0.4) is 0 Å². The normalized spacial score (nSPS) is 11.3. The van der Waals surface area contributed by atoms with Crippen LogP contribution in [0, 0.1) is 0 Å². The van der Waals surface area contributed by atoms with Crippen LogP contribution in [-0.2, 0) is 4.79 Å². The van der Waals surface area contributed by atoms with E-state index in [0.29, 0.717) is 6.42 Å². The van der Waals surface area contributed by atoms with E-state index in [9.17, 15) is 4.79 Å². The molecule has 0 heterocycles. The molecule has 1 aromatic carbocycles. The van der Waals surface area contributed by atoms with Gasteiger partial charge in [0.1, 0.15) is 0 Å². The lowest BCUT2D eigenvalue weighted by Gasteiger charge is -2.09. The molecule has 0 radical (unpaired) electrons. The summed E-state index contributed by atoms with van der Waals surface area (Å²) in [6.45, 7) is 1.88. The van der Waals surface area contributed by atoms with Gasteiger partial charge in [-0.3, -0.25) is 4.79 Å². The van der Waals surface area contributed by atoms with Crippen LogP contribution in [0.15, 0.2) is 30.3 Å². The summed E-state index contributed by atoms with van der Waals surface area (Å²) in [6, 6.07) is 8.89. The molecule has 3 N–H and O–H groups in total. The Morgan fingerprint density at radius 2 is 2.00 bits per heavy atom. The Labute approximate surface area is 90.1 Å². The number of carbonyl (C=O) groups excluding carboxylic acids is 1. The highest BCUT2D eigenvalue weighted by Crippen LogP contribution is 2.05. The number of nitrogens with one attached hydrogen (secondary N) is 1. The molecule has 78 valence electrons. The molecule has 1 aromatic rings. The molecular formula is C10H15ClN2O. The Morgan fingerprint density at radius 3 is 2.50 bits per heavy atom. The van der Waals surface area contributed by atoms with Gasteiger partial charge >= 0.3 is 0 Å². The maximum atomic E-state index is 11.3. The van der Waals surface area contributed by atoms with Crippen molar-refractivity contribution in [2.75, 3.05) is 5.32 Å². The smallest absolute Gasteiger partial charge is 0.241 e. The number of halogens is 1. The zero-order valence-electron chi connectivity index (χ0n) is 8.07. The highest BCUT2D eigenvalue weighted by atomic mass is 35.5. The van der Waals surface area contributed by atoms with Gasteiger partial charge in [-0.05, 0) is 18.6 Å². The fourth-order valence-electron chi connectivity index (χ4n) is 0.942. The highest BCUT2D eigenvalue weighted by molar-refractivity contribution is 5.94. The van der Waals surface area contributed by atoms with E-state index in [2.05, 4.69) is 5.32 Å². The van der Waals surface area contributed by atoms with Crippen LogP contribution in [0.5, 0.6) is 0 Å². The Kier molecular flexibility index (Phi) is 5.92. The molecule has 0 aromatic heterocycles. The molecular weight excluding hydrogens is 200 g/mol. The van der Waals surface area contributed by atoms with Crippen LogP contribution >= 0.6 is 12.4 Å². The molecule has 4 heteroatoms. The minimum absolute atomic E-state index is 0. The number of para-hydroxylation sites is 1. The summed E-state index contributed by atoms with van der Waals surface area (Å²) in [5.74, 6) is -0.131. The molecule has 0 saturated heterocycles. The molecule has 1 atom stereocenters. The lowest BCUT2D eigenvalue weighted by Crippen LogP contribution is -2.34. The summed E-state index contributed by atoms with van der Waals surface area (Å²) in [7, 11) is 0. The van der Waals surface area contributed by atoms with Crippen molar-refractivity contribution in [2.45, 2.75) is 19.4 Å². The summed E-state index contributed by atoms with van der Waals surface area (Å²) in [5.41, 5.74) is 6.34. The van der Waals surface area contributed by atoms with Gasteiger partial charge in [0, 0.05) is 5.69 Å². The van der Waals surface area contributed by atoms with E-state index in [0.717, 1.165) is 5.69 Å². The van der Waals surface area contributed by atoms with Gasteiger partial charge in [0.2, 0.25) is 5.91 Å². The van der Waals surface area contributed by atoms with Crippen LogP contribution in [0.25, 0.3) is 0 Å². The summed E-state index contributed by atoms with van der Waals surface area (Å²) >= 11 is 0. The van der Waals surface area contributed by atoms with Crippen LogP contribution in [-0.4, -0.2) is 11.9 Å². The molecule has 0 aliphatic carbocycles. The van der Waals surface area contributed by atoms with Crippen molar-refractivity contribution in [2.24, 2.45) is 5.73 Å². The molecule has 0 spiro atoms. The molecule has 0 aliphatic heterocycles. The third kappa shape index (κ3) is 3.77. The number of carbonyl (C=O) groups is 1. The summed E-state index contributed by atoms with van der Waals surface area (Å²) in [6.07, 6.45) is 0.651. The van der Waals surface area contributed by atoms with E-state index < -0.39 is 6.04 Å². The average Bonchev–Trinajstić information content (AvgIpc) is 2.18. The van der Waals surface area contributed by atoms with Crippen molar-refractivity contribution in [3.05, 3.63) is 30.3 Å². The first-order chi connectivity index (χ1) is 6.24. The highest BCUT2D eigenvalue weighted by Gasteiger charge is 2.09. The fourth-order valence-corrected chi connectivity index (χ4v) is 0.942. The summed E-state index contributed by atoms with van der Waals surface area (Å²) in [4.78, 5) is 11.3. The second kappa shape index (κ2) is 6.40. The van der Waals surface area contributed by atoms with Crippen molar-refractivity contribution in [1.82, 2.24) is 0 Å². The van der Waals surface area contributed by atoms with E-state index in [1.165, 1.54) is 0 Å². The zero-order valence-corrected chi connectivity index (χ0v) is 8.88. The lowest BCUT2D eigenvalue weighted by atomic mass is 10.2. The van der Waals surface area contributed by atoms with E-state index in [1.54, 1.807) is 0 Å². The van der Waals surface area contributed by atoms with E-state index in [1.807, 2.05) is 37.3 Å². The number of amides is 1. The van der Waals surface area contributed by atoms with E-state index in [4.69, 9.17) is 5.73 Å². The SMILES string of the molecule is CC[C@@H](N)C(=O)Nc1ccccc1.Cl. The predicted octanol–water partition coefficient (Wildman–Crippen LogP) is 1.78. The molecule has 0 fully saturated rings. The molecule has 0 unspecified atom stereocenters. The topological polar surface area (TPSA) is 55.1 Å². The second-order valence-electron chi connectivity index (χ2n) is 2.87. The van der Waals surface area contributed by atoms with Gasteiger partial charge in [0.05, 0.1) is 6.04 Å². The van der Waals surface area contributed by atoms with Crippen molar-refractivity contribution in [1.29, 1.82) is 0 Å². The number of hydrogen-bond acceptors (Lipinski definition) is 2. The van der Waals surface area contributed by atoms with Gasteiger partial charge in [-0.2, -0.15) is 0 Å². The molecule has 0 bridgehead atoms. The van der Waals surface area contributed by atoms with Crippen LogP contribution < -0.4 is 11.1 Å². The number of hydrogen-bond donors (Lipinski definition) is 2. The Balaban J connectivity index is 0.00000169. The van der Waals surface area contributed by atoms with Crippen LogP contribution in [0.4, 0.5) is 5.69 Å². The Morgan fingerprint density at radius 1 is 1.43 bits per heavy atom. The standard InChI is InChI=1S/C10H14N2O.ClH/c1-2-9(11)10(13)12-8-6-4-3-5-7-8;/h3-7,9H,2,11H2,1H3,(H,12,13);1H/t9-;/m1./s1. The first-order valence-electron chi connectivity index (χ1n) is 4.35. The quantitative estimate of drug-likeness (QED) is 0.806. The minimum Gasteiger partial charge on any atom is -0.325 e. The first kappa shape index (κ1) is 12.9. The number of anilines is 1. The molecule has 3 nitrogen and oxygen atoms in total. The third-order valence-corrected chi connectivity index (χ3v) is 1.82. The maximum Gasteiger partial charge on any atom is 0.241 e. The third-order valence-electron chi connectivity index (χ3n) is 1.82. The van der Waals surface area contributed by atoms with Crippen LogP contribution in [0.2, 0.25) is 0 Å². The molecule has 14 heavy (non-hydrogen) atoms. The van der Waals surface area contributed by atoms with Crippen LogP contribution in [0.1, 0.15) is 13.3 Å². The van der Waals surface area contributed by atoms with Gasteiger partial charge < -0.3 is 11.1 Å². The molecule has 1 amide bonds. The molecule has 1 rings (SSSR count). The maximum absolute atomic E-state index is 11.3. The Bertz CT molecular complexity index is 277. The van der Waals surface area contributed by atoms with Gasteiger partial charge in [0.25, 0.3) is 0 Å². The van der Waals surface area contributed by atoms with Gasteiger partial charge in [0.15, 0.2) is 0 Å². The molecule has 0 aliphatic rings. The van der Waals surface area contributed by atoms with Gasteiger partial charge in [-0.25, -0.2) is 0 Å². The zero-order chi connectivity index (χ0) is 9.68. The summed E-state index contributed by atoms with van der Waals surface area (Å²) in [5, 5.41) is 2.73. The number of nitrogens with two attached hydrogens (primary N) is 1. The molecule has 0 saturated carbocycles. The predicted molar refractivity (Wildman–Crippen MR) is 60.6 cm³/mol. The Hall–Kier alpha value is -1.06. The average molecular weight is 215 g/mol. The van der Waals surface area contributed by atoms with Crippen molar-refractivity contribution < 1.29 is 4.79 Å². The summed E-state index contributed by atoms with van der Waals surface area (Å²) < 4.78 is 0. The van der Waals surface area contributed by atoms with E-state index >= 15 is 0 Å². The van der Waals surface area contributed by atoms with Crippen molar-refractivity contribution in [3.8, 4) is 0 Å². The second-order valence-corrected chi connectivity index (χ2v) is 2.87. The van der Waals surface area contributed by atoms with Crippen molar-refractivity contribution in [3.63, 3.8) is 0 Å². The van der Waals surface area contributed by atoms with E-state index in [-0.39, 0.29) is 18.3 Å². The number of rotatable bonds is 3. The first-order valence-corrected chi connectivity index (χ1v) is 4.35. The lowest BCUT2D eigenvalue weighted by molar-refractivity contribution is -0.117. The van der Waals surface area contributed by atoms with Gasteiger partial charge in [-0.15, -0.1) is 12.4 Å².